The summed E-state index contributed by atoms with van der Waals surface area (Å²) >= 11 is 0. The Morgan fingerprint density at radius 2 is 2.38 bits per heavy atom. The van der Waals surface area contributed by atoms with Gasteiger partial charge in [0.2, 0.25) is 0 Å². The molecule has 1 atom stereocenters. The summed E-state index contributed by atoms with van der Waals surface area (Å²) < 4.78 is 28.9. The van der Waals surface area contributed by atoms with Crippen molar-refractivity contribution in [3.8, 4) is 17.1 Å². The molecule has 7 nitrogen and oxygen atoms in total. The van der Waals surface area contributed by atoms with Crippen LogP contribution in [0.2, 0.25) is 0 Å². The Morgan fingerprint density at radius 1 is 1.54 bits per heavy atom. The fraction of sp³-hybridized carbons (Fsp3) is 0.375. The minimum absolute atomic E-state index is 0.00199. The van der Waals surface area contributed by atoms with Crippen molar-refractivity contribution in [2.45, 2.75) is 6.42 Å². The van der Waals surface area contributed by atoms with Crippen LogP contribution in [-0.2, 0) is 4.74 Å². The van der Waals surface area contributed by atoms with E-state index < -0.39 is 11.8 Å². The number of hydrogen-bond donors (Lipinski definition) is 2. The summed E-state index contributed by atoms with van der Waals surface area (Å²) in [6, 6.07) is 3.97. The number of aromatic carboxylic acids is 1. The van der Waals surface area contributed by atoms with E-state index >= 15 is 0 Å². The number of anilines is 1. The molecule has 8 heteroatoms. The first-order valence-corrected chi connectivity index (χ1v) is 7.48. The highest BCUT2D eigenvalue weighted by Gasteiger charge is 2.25. The van der Waals surface area contributed by atoms with Crippen molar-refractivity contribution in [2.75, 3.05) is 32.2 Å². The average Bonchev–Trinajstić information content (AvgIpc) is 3.22. The molecule has 0 bridgehead atoms. The van der Waals surface area contributed by atoms with E-state index in [1.54, 1.807) is 0 Å². The number of rotatable bonds is 6. The summed E-state index contributed by atoms with van der Waals surface area (Å²) in [6.07, 6.45) is 0.912. The van der Waals surface area contributed by atoms with Gasteiger partial charge < -0.3 is 24.4 Å². The Balaban J connectivity index is 1.89. The zero-order valence-electron chi connectivity index (χ0n) is 13.0. The standard InChI is InChI=1S/C16H17FN2O5/c1-22-12-6-10(2-3-11(12)17)14-13(16(20)21)15(19-24-14)18-7-9-4-5-23-8-9/h2-3,6,9H,4-5,7-8H2,1H3,(H,18,19)(H,20,21). The van der Waals surface area contributed by atoms with Crippen LogP contribution in [0.3, 0.4) is 0 Å². The number of methoxy groups -OCH3 is 1. The van der Waals surface area contributed by atoms with E-state index in [0.717, 1.165) is 6.42 Å². The number of nitrogens with one attached hydrogen (secondary N) is 1. The maximum absolute atomic E-state index is 13.5. The van der Waals surface area contributed by atoms with Gasteiger partial charge in [-0.1, -0.05) is 5.16 Å². The van der Waals surface area contributed by atoms with Gasteiger partial charge in [0.05, 0.1) is 13.7 Å². The number of nitrogens with zero attached hydrogens (tertiary/aromatic N) is 1. The summed E-state index contributed by atoms with van der Waals surface area (Å²) in [5.41, 5.74) is 0.276. The second kappa shape index (κ2) is 6.88. The summed E-state index contributed by atoms with van der Waals surface area (Å²) in [5.74, 6) is -1.23. The molecule has 0 amide bonds. The molecule has 1 aliphatic heterocycles. The Bertz CT molecular complexity index is 740. The first-order valence-electron chi connectivity index (χ1n) is 7.48. The molecule has 1 aromatic carbocycles. The van der Waals surface area contributed by atoms with E-state index in [9.17, 15) is 14.3 Å². The molecule has 1 fully saturated rings. The van der Waals surface area contributed by atoms with Crippen LogP contribution in [0.25, 0.3) is 11.3 Å². The third-order valence-corrected chi connectivity index (χ3v) is 3.90. The van der Waals surface area contributed by atoms with Crippen molar-refractivity contribution in [3.05, 3.63) is 29.6 Å². The highest BCUT2D eigenvalue weighted by molar-refractivity contribution is 5.99. The number of aromatic nitrogens is 1. The minimum Gasteiger partial charge on any atom is -0.494 e. The van der Waals surface area contributed by atoms with Crippen molar-refractivity contribution < 1.29 is 28.3 Å². The van der Waals surface area contributed by atoms with Gasteiger partial charge in [-0.25, -0.2) is 9.18 Å². The number of carboxylic acid groups (broad SMARTS) is 1. The largest absolute Gasteiger partial charge is 0.494 e. The van der Waals surface area contributed by atoms with Crippen LogP contribution in [0.4, 0.5) is 10.2 Å². The van der Waals surface area contributed by atoms with Gasteiger partial charge in [0.1, 0.15) is 0 Å². The molecule has 0 aliphatic carbocycles. The summed E-state index contributed by atoms with van der Waals surface area (Å²) in [7, 11) is 1.33. The Hall–Kier alpha value is -2.61. The fourth-order valence-electron chi connectivity index (χ4n) is 2.59. The lowest BCUT2D eigenvalue weighted by Crippen LogP contribution is -2.16. The number of hydrogen-bond acceptors (Lipinski definition) is 6. The lowest BCUT2D eigenvalue weighted by Gasteiger charge is -2.08. The summed E-state index contributed by atoms with van der Waals surface area (Å²) in [4.78, 5) is 11.6. The molecule has 0 radical (unpaired) electrons. The van der Waals surface area contributed by atoms with Gasteiger partial charge in [-0.3, -0.25) is 0 Å². The van der Waals surface area contributed by atoms with Crippen LogP contribution in [-0.4, -0.2) is 43.1 Å². The molecular weight excluding hydrogens is 319 g/mol. The van der Waals surface area contributed by atoms with E-state index in [4.69, 9.17) is 14.0 Å². The van der Waals surface area contributed by atoms with Gasteiger partial charge in [0, 0.05) is 24.6 Å². The van der Waals surface area contributed by atoms with Crippen LogP contribution in [0, 0.1) is 11.7 Å². The predicted molar refractivity (Wildman–Crippen MR) is 82.8 cm³/mol. The fourth-order valence-corrected chi connectivity index (χ4v) is 2.59. The molecule has 1 aliphatic rings. The zero-order valence-corrected chi connectivity index (χ0v) is 13.0. The summed E-state index contributed by atoms with van der Waals surface area (Å²) in [6.45, 7) is 1.88. The van der Waals surface area contributed by atoms with Crippen LogP contribution in [0.15, 0.2) is 22.7 Å². The number of carbonyl (C=O) groups is 1. The third kappa shape index (κ3) is 3.18. The lowest BCUT2D eigenvalue weighted by molar-refractivity contribution is 0.0698. The molecule has 0 saturated carbocycles. The highest BCUT2D eigenvalue weighted by Crippen LogP contribution is 2.32. The average molecular weight is 336 g/mol. The maximum Gasteiger partial charge on any atom is 0.343 e. The predicted octanol–water partition coefficient (Wildman–Crippen LogP) is 2.64. The second-order valence-corrected chi connectivity index (χ2v) is 5.50. The molecule has 24 heavy (non-hydrogen) atoms. The molecule has 0 spiro atoms. The normalized spacial score (nSPS) is 17.0. The summed E-state index contributed by atoms with van der Waals surface area (Å²) in [5, 5.41) is 16.3. The quantitative estimate of drug-likeness (QED) is 0.837. The van der Waals surface area contributed by atoms with Crippen LogP contribution in [0.1, 0.15) is 16.8 Å². The van der Waals surface area contributed by atoms with Gasteiger partial charge in [-0.15, -0.1) is 0 Å². The second-order valence-electron chi connectivity index (χ2n) is 5.50. The molecular formula is C16H17FN2O5. The Morgan fingerprint density at radius 3 is 3.04 bits per heavy atom. The van der Waals surface area contributed by atoms with Gasteiger partial charge in [-0.2, -0.15) is 0 Å². The molecule has 1 saturated heterocycles. The van der Waals surface area contributed by atoms with Crippen molar-refractivity contribution in [1.82, 2.24) is 5.16 Å². The molecule has 2 heterocycles. The van der Waals surface area contributed by atoms with E-state index in [1.807, 2.05) is 0 Å². The van der Waals surface area contributed by atoms with Gasteiger partial charge in [0.25, 0.3) is 0 Å². The Kier molecular flexibility index (Phi) is 4.66. The van der Waals surface area contributed by atoms with Crippen LogP contribution in [0.5, 0.6) is 5.75 Å². The van der Waals surface area contributed by atoms with Crippen molar-refractivity contribution in [1.29, 1.82) is 0 Å². The number of carboxylic acids is 1. The Labute approximate surface area is 137 Å². The first kappa shape index (κ1) is 16.3. The monoisotopic (exact) mass is 336 g/mol. The van der Waals surface area contributed by atoms with Gasteiger partial charge >= 0.3 is 5.97 Å². The highest BCUT2D eigenvalue weighted by atomic mass is 19.1. The van der Waals surface area contributed by atoms with E-state index in [2.05, 4.69) is 10.5 Å². The number of benzene rings is 1. The minimum atomic E-state index is -1.18. The van der Waals surface area contributed by atoms with Gasteiger partial charge in [-0.05, 0) is 24.6 Å². The van der Waals surface area contributed by atoms with E-state index in [-0.39, 0.29) is 22.9 Å². The van der Waals surface area contributed by atoms with Crippen LogP contribution >= 0.6 is 0 Å². The molecule has 3 rings (SSSR count). The van der Waals surface area contributed by atoms with E-state index in [1.165, 1.54) is 25.3 Å². The zero-order chi connectivity index (χ0) is 17.1. The van der Waals surface area contributed by atoms with Gasteiger partial charge in [0.15, 0.2) is 28.7 Å². The lowest BCUT2D eigenvalue weighted by atomic mass is 10.1. The third-order valence-electron chi connectivity index (χ3n) is 3.90. The molecule has 1 aromatic heterocycles. The first-order chi connectivity index (χ1) is 11.6. The molecule has 2 N–H and O–H groups in total. The number of ether oxygens (including phenoxy) is 2. The topological polar surface area (TPSA) is 93.8 Å². The molecule has 1 unspecified atom stereocenters. The van der Waals surface area contributed by atoms with Crippen molar-refractivity contribution in [3.63, 3.8) is 0 Å². The maximum atomic E-state index is 13.5. The SMILES string of the molecule is COc1cc(-c2onc(NCC3CCOC3)c2C(=O)O)ccc1F. The van der Waals surface area contributed by atoms with Crippen molar-refractivity contribution >= 4 is 11.8 Å². The number of halogens is 1. The van der Waals surface area contributed by atoms with Crippen molar-refractivity contribution in [2.24, 2.45) is 5.92 Å². The smallest absolute Gasteiger partial charge is 0.343 e. The molecule has 128 valence electrons. The van der Waals surface area contributed by atoms with Crippen LogP contribution < -0.4 is 10.1 Å². The molecule has 2 aromatic rings. The van der Waals surface area contributed by atoms with E-state index in [0.29, 0.717) is 31.2 Å².